The van der Waals surface area contributed by atoms with Crippen LogP contribution in [-0.2, 0) is 9.53 Å². The van der Waals surface area contributed by atoms with E-state index in [1.54, 1.807) is 0 Å². The molecule has 0 bridgehead atoms. The number of hydrogen-bond donors (Lipinski definition) is 2. The van der Waals surface area contributed by atoms with E-state index < -0.39 is 23.7 Å². The molecule has 1 atom stereocenters. The maximum Gasteiger partial charge on any atom is 0.256 e. The maximum absolute atomic E-state index is 13.6. The molecule has 118 valence electrons. The van der Waals surface area contributed by atoms with E-state index in [0.29, 0.717) is 5.69 Å². The minimum absolute atomic E-state index is 0. The van der Waals surface area contributed by atoms with E-state index in [9.17, 15) is 14.0 Å². The molecule has 1 aromatic rings. The Bertz CT molecular complexity index is 511. The van der Waals surface area contributed by atoms with Gasteiger partial charge in [-0.15, -0.1) is 12.4 Å². The van der Waals surface area contributed by atoms with Gasteiger partial charge < -0.3 is 20.7 Å². The largest absolute Gasteiger partial charge is 0.383 e. The summed E-state index contributed by atoms with van der Waals surface area (Å²) in [5.74, 6) is -1.61. The highest BCUT2D eigenvalue weighted by atomic mass is 35.5. The number of amides is 2. The highest BCUT2D eigenvalue weighted by Crippen LogP contribution is 2.16. The second-order valence-electron chi connectivity index (χ2n) is 4.45. The van der Waals surface area contributed by atoms with Gasteiger partial charge in [0.15, 0.2) is 0 Å². The molecule has 0 aliphatic rings. The number of nitrogens with zero attached hydrogens (tertiary/aromatic N) is 1. The van der Waals surface area contributed by atoms with Crippen LogP contribution >= 0.6 is 12.4 Å². The summed E-state index contributed by atoms with van der Waals surface area (Å²) >= 11 is 0. The van der Waals surface area contributed by atoms with Crippen molar-refractivity contribution in [3.05, 3.63) is 29.6 Å². The van der Waals surface area contributed by atoms with Gasteiger partial charge in [-0.05, 0) is 18.2 Å². The summed E-state index contributed by atoms with van der Waals surface area (Å²) in [5.41, 5.74) is 5.75. The van der Waals surface area contributed by atoms with E-state index in [1.165, 1.54) is 38.2 Å². The minimum atomic E-state index is -0.835. The molecule has 1 rings (SSSR count). The molecular formula is C13H19ClFN3O3. The van der Waals surface area contributed by atoms with Crippen LogP contribution in [0.2, 0.25) is 0 Å². The van der Waals surface area contributed by atoms with Crippen molar-refractivity contribution in [1.29, 1.82) is 0 Å². The van der Waals surface area contributed by atoms with Crippen molar-refractivity contribution in [1.82, 2.24) is 4.90 Å². The zero-order valence-electron chi connectivity index (χ0n) is 12.1. The average Bonchev–Trinajstić information content (AvgIpc) is 2.40. The Kier molecular flexibility index (Phi) is 7.86. The Morgan fingerprint density at radius 3 is 2.57 bits per heavy atom. The van der Waals surface area contributed by atoms with Crippen LogP contribution in [0.5, 0.6) is 0 Å². The molecule has 6 nitrogen and oxygen atoms in total. The SMILES string of the molecule is COCC(N)C(=O)Nc1ccc(F)c(C(=O)N(C)C)c1.Cl. The fourth-order valence-corrected chi connectivity index (χ4v) is 1.50. The molecule has 21 heavy (non-hydrogen) atoms. The van der Waals surface area contributed by atoms with Crippen molar-refractivity contribution < 1.29 is 18.7 Å². The van der Waals surface area contributed by atoms with Crippen LogP contribution in [-0.4, -0.2) is 50.6 Å². The Hall–Kier alpha value is -1.70. The number of ether oxygens (including phenoxy) is 1. The standard InChI is InChI=1S/C13H18FN3O3.ClH/c1-17(2)13(19)9-6-8(4-5-10(9)14)16-12(18)11(15)7-20-3;/h4-6,11H,7,15H2,1-3H3,(H,16,18);1H. The molecule has 0 saturated carbocycles. The quantitative estimate of drug-likeness (QED) is 0.843. The number of anilines is 1. The van der Waals surface area contributed by atoms with Crippen molar-refractivity contribution in [2.75, 3.05) is 33.1 Å². The van der Waals surface area contributed by atoms with Crippen LogP contribution in [0.15, 0.2) is 18.2 Å². The molecule has 3 N–H and O–H groups in total. The van der Waals surface area contributed by atoms with E-state index in [-0.39, 0.29) is 24.6 Å². The summed E-state index contributed by atoms with van der Waals surface area (Å²) in [5, 5.41) is 2.51. The van der Waals surface area contributed by atoms with Gasteiger partial charge in [0.05, 0.1) is 12.2 Å². The molecule has 8 heteroatoms. The number of carbonyl (C=O) groups is 2. The molecule has 0 spiro atoms. The van der Waals surface area contributed by atoms with Gasteiger partial charge in [0, 0.05) is 26.9 Å². The molecule has 0 aromatic heterocycles. The summed E-state index contributed by atoms with van der Waals surface area (Å²) in [7, 11) is 4.46. The lowest BCUT2D eigenvalue weighted by Crippen LogP contribution is -2.39. The maximum atomic E-state index is 13.6. The summed E-state index contributed by atoms with van der Waals surface area (Å²) < 4.78 is 18.4. The fraction of sp³-hybridized carbons (Fsp3) is 0.385. The van der Waals surface area contributed by atoms with Gasteiger partial charge in [0.2, 0.25) is 5.91 Å². The summed E-state index contributed by atoms with van der Waals surface area (Å²) in [6.45, 7) is 0.0660. The second-order valence-corrected chi connectivity index (χ2v) is 4.45. The van der Waals surface area contributed by atoms with E-state index in [2.05, 4.69) is 5.32 Å². The lowest BCUT2D eigenvalue weighted by Gasteiger charge is -2.14. The van der Waals surface area contributed by atoms with Gasteiger partial charge in [0.25, 0.3) is 5.91 Å². The highest BCUT2D eigenvalue weighted by Gasteiger charge is 2.17. The molecule has 1 aromatic carbocycles. The Labute approximate surface area is 128 Å². The lowest BCUT2D eigenvalue weighted by molar-refractivity contribution is -0.118. The number of nitrogens with two attached hydrogens (primary N) is 1. The molecular weight excluding hydrogens is 301 g/mol. The molecule has 0 saturated heterocycles. The van der Waals surface area contributed by atoms with E-state index >= 15 is 0 Å². The predicted molar refractivity (Wildman–Crippen MR) is 80.1 cm³/mol. The molecule has 1 unspecified atom stereocenters. The fourth-order valence-electron chi connectivity index (χ4n) is 1.50. The third-order valence-electron chi connectivity index (χ3n) is 2.55. The summed E-state index contributed by atoms with van der Waals surface area (Å²) in [6, 6.07) is 2.92. The van der Waals surface area contributed by atoms with Crippen molar-refractivity contribution in [3.8, 4) is 0 Å². The lowest BCUT2D eigenvalue weighted by atomic mass is 10.1. The number of nitrogens with one attached hydrogen (secondary N) is 1. The number of hydrogen-bond acceptors (Lipinski definition) is 4. The van der Waals surface area contributed by atoms with Crippen molar-refractivity contribution in [2.24, 2.45) is 5.73 Å². The number of rotatable bonds is 5. The molecule has 0 fully saturated rings. The van der Waals surface area contributed by atoms with Gasteiger partial charge >= 0.3 is 0 Å². The van der Waals surface area contributed by atoms with Crippen LogP contribution < -0.4 is 11.1 Å². The monoisotopic (exact) mass is 319 g/mol. The number of benzene rings is 1. The van der Waals surface area contributed by atoms with Crippen LogP contribution in [0.3, 0.4) is 0 Å². The first-order valence-electron chi connectivity index (χ1n) is 5.93. The van der Waals surface area contributed by atoms with E-state index in [4.69, 9.17) is 10.5 Å². The molecule has 2 amide bonds. The van der Waals surface area contributed by atoms with Crippen LogP contribution in [0.1, 0.15) is 10.4 Å². The summed E-state index contributed by atoms with van der Waals surface area (Å²) in [6.07, 6.45) is 0. The number of halogens is 2. The van der Waals surface area contributed by atoms with E-state index in [0.717, 1.165) is 6.07 Å². The number of carbonyl (C=O) groups excluding carboxylic acids is 2. The minimum Gasteiger partial charge on any atom is -0.383 e. The first-order chi connectivity index (χ1) is 9.36. The van der Waals surface area contributed by atoms with Gasteiger partial charge in [-0.1, -0.05) is 0 Å². The zero-order valence-corrected chi connectivity index (χ0v) is 12.9. The molecule has 0 aliphatic heterocycles. The first-order valence-corrected chi connectivity index (χ1v) is 5.93. The Balaban J connectivity index is 0.00000400. The van der Waals surface area contributed by atoms with Gasteiger partial charge in [-0.25, -0.2) is 4.39 Å². The normalized spacial score (nSPS) is 11.3. The van der Waals surface area contributed by atoms with Crippen LogP contribution in [0, 0.1) is 5.82 Å². The van der Waals surface area contributed by atoms with Crippen molar-refractivity contribution >= 4 is 29.9 Å². The van der Waals surface area contributed by atoms with Gasteiger partial charge in [0.1, 0.15) is 11.9 Å². The Morgan fingerprint density at radius 1 is 1.43 bits per heavy atom. The zero-order chi connectivity index (χ0) is 15.3. The average molecular weight is 320 g/mol. The van der Waals surface area contributed by atoms with Crippen molar-refractivity contribution in [3.63, 3.8) is 0 Å². The second kappa shape index (κ2) is 8.56. The molecule has 0 radical (unpaired) electrons. The van der Waals surface area contributed by atoms with E-state index in [1.807, 2.05) is 0 Å². The third-order valence-corrected chi connectivity index (χ3v) is 2.55. The summed E-state index contributed by atoms with van der Waals surface area (Å²) in [4.78, 5) is 24.7. The van der Waals surface area contributed by atoms with Crippen molar-refractivity contribution in [2.45, 2.75) is 6.04 Å². The smallest absolute Gasteiger partial charge is 0.256 e. The molecule has 0 aliphatic carbocycles. The van der Waals surface area contributed by atoms with Crippen LogP contribution in [0.4, 0.5) is 10.1 Å². The number of methoxy groups -OCH3 is 1. The molecule has 0 heterocycles. The van der Waals surface area contributed by atoms with Gasteiger partial charge in [-0.3, -0.25) is 9.59 Å². The third kappa shape index (κ3) is 5.30. The van der Waals surface area contributed by atoms with Crippen LogP contribution in [0.25, 0.3) is 0 Å². The predicted octanol–water partition coefficient (Wildman–Crippen LogP) is 0.862. The first kappa shape index (κ1) is 19.3. The topological polar surface area (TPSA) is 84.7 Å². The Morgan fingerprint density at radius 2 is 2.05 bits per heavy atom. The highest BCUT2D eigenvalue weighted by molar-refractivity contribution is 5.98. The van der Waals surface area contributed by atoms with Gasteiger partial charge in [-0.2, -0.15) is 0 Å².